The molecule has 1 aliphatic rings. The van der Waals surface area contributed by atoms with Gasteiger partial charge in [0.25, 0.3) is 0 Å². The van der Waals surface area contributed by atoms with Gasteiger partial charge in [0.2, 0.25) is 0 Å². The Kier molecular flexibility index (Phi) is 3.74. The van der Waals surface area contributed by atoms with Gasteiger partial charge in [-0.1, -0.05) is 30.3 Å². The molecule has 1 amide bonds. The standard InChI is InChI=1S/C14H17NO4/c1-2-15(14(8-9-14)12(16)17)13(18)19-10-11-6-4-3-5-7-11/h3-7H,2,8-10H2,1H3,(H,16,17). The topological polar surface area (TPSA) is 66.8 Å². The molecule has 0 radical (unpaired) electrons. The molecule has 0 heterocycles. The Morgan fingerprint density at radius 2 is 1.95 bits per heavy atom. The minimum atomic E-state index is -1.04. The quantitative estimate of drug-likeness (QED) is 0.884. The average Bonchev–Trinajstić information content (AvgIpc) is 3.20. The molecule has 0 saturated heterocycles. The molecule has 1 fully saturated rings. The normalized spacial score (nSPS) is 15.6. The number of hydrogen-bond donors (Lipinski definition) is 1. The summed E-state index contributed by atoms with van der Waals surface area (Å²) in [6, 6.07) is 9.31. The maximum Gasteiger partial charge on any atom is 0.411 e. The van der Waals surface area contributed by atoms with Crippen molar-refractivity contribution in [3.8, 4) is 0 Å². The fourth-order valence-corrected chi connectivity index (χ4v) is 2.12. The summed E-state index contributed by atoms with van der Waals surface area (Å²) in [5.41, 5.74) is -0.158. The SMILES string of the molecule is CCN(C(=O)OCc1ccccc1)C1(C(=O)O)CC1. The van der Waals surface area contributed by atoms with Crippen LogP contribution in [0.1, 0.15) is 25.3 Å². The van der Waals surface area contributed by atoms with Crippen LogP contribution in [0.3, 0.4) is 0 Å². The van der Waals surface area contributed by atoms with E-state index >= 15 is 0 Å². The summed E-state index contributed by atoms with van der Waals surface area (Å²) >= 11 is 0. The van der Waals surface area contributed by atoms with Crippen molar-refractivity contribution in [3.63, 3.8) is 0 Å². The van der Waals surface area contributed by atoms with E-state index in [4.69, 9.17) is 4.74 Å². The Morgan fingerprint density at radius 1 is 1.32 bits per heavy atom. The molecule has 1 aromatic carbocycles. The van der Waals surface area contributed by atoms with Gasteiger partial charge in [-0.05, 0) is 25.3 Å². The molecule has 0 spiro atoms. The minimum Gasteiger partial charge on any atom is -0.479 e. The molecule has 1 aliphatic carbocycles. The van der Waals surface area contributed by atoms with Gasteiger partial charge in [0.15, 0.2) is 0 Å². The van der Waals surface area contributed by atoms with Crippen LogP contribution in [0.15, 0.2) is 30.3 Å². The van der Waals surface area contributed by atoms with Gasteiger partial charge >= 0.3 is 12.1 Å². The highest BCUT2D eigenvalue weighted by Gasteiger charge is 2.57. The average molecular weight is 263 g/mol. The number of benzene rings is 1. The van der Waals surface area contributed by atoms with Gasteiger partial charge in [-0.25, -0.2) is 9.59 Å². The zero-order valence-electron chi connectivity index (χ0n) is 10.8. The van der Waals surface area contributed by atoms with Crippen LogP contribution in [0.25, 0.3) is 0 Å². The number of carbonyl (C=O) groups excluding carboxylic acids is 1. The second kappa shape index (κ2) is 5.30. The number of carboxylic acid groups (broad SMARTS) is 1. The fourth-order valence-electron chi connectivity index (χ4n) is 2.12. The first-order valence-corrected chi connectivity index (χ1v) is 6.32. The molecule has 1 aromatic rings. The summed E-state index contributed by atoms with van der Waals surface area (Å²) in [7, 11) is 0. The van der Waals surface area contributed by atoms with Crippen molar-refractivity contribution < 1.29 is 19.4 Å². The molecule has 0 aliphatic heterocycles. The van der Waals surface area contributed by atoms with Crippen molar-refractivity contribution in [1.29, 1.82) is 0 Å². The Balaban J connectivity index is 1.97. The molecule has 2 rings (SSSR count). The van der Waals surface area contributed by atoms with E-state index in [0.29, 0.717) is 19.4 Å². The number of carbonyl (C=O) groups is 2. The molecular weight excluding hydrogens is 246 g/mol. The Labute approximate surface area is 111 Å². The number of nitrogens with zero attached hydrogens (tertiary/aromatic N) is 1. The monoisotopic (exact) mass is 263 g/mol. The van der Waals surface area contributed by atoms with Crippen molar-refractivity contribution in [2.24, 2.45) is 0 Å². The van der Waals surface area contributed by atoms with Crippen molar-refractivity contribution in [2.45, 2.75) is 31.9 Å². The predicted molar refractivity (Wildman–Crippen MR) is 68.6 cm³/mol. The van der Waals surface area contributed by atoms with E-state index in [2.05, 4.69) is 0 Å². The number of likely N-dealkylation sites (N-methyl/N-ethyl adjacent to an activating group) is 1. The summed E-state index contributed by atoms with van der Waals surface area (Å²) in [6.07, 6.45) is 0.430. The van der Waals surface area contributed by atoms with Gasteiger partial charge in [0, 0.05) is 6.54 Å². The number of hydrogen-bond acceptors (Lipinski definition) is 3. The van der Waals surface area contributed by atoms with Crippen molar-refractivity contribution in [2.75, 3.05) is 6.54 Å². The summed E-state index contributed by atoms with van der Waals surface area (Å²) in [4.78, 5) is 24.5. The van der Waals surface area contributed by atoms with E-state index in [-0.39, 0.29) is 6.61 Å². The van der Waals surface area contributed by atoms with E-state index in [1.807, 2.05) is 30.3 Å². The Bertz CT molecular complexity index is 468. The Morgan fingerprint density at radius 3 is 2.42 bits per heavy atom. The molecular formula is C14H17NO4. The number of ether oxygens (including phenoxy) is 1. The first-order valence-electron chi connectivity index (χ1n) is 6.32. The lowest BCUT2D eigenvalue weighted by Crippen LogP contribution is -2.47. The van der Waals surface area contributed by atoms with Crippen LogP contribution in [0.4, 0.5) is 4.79 Å². The highest BCUT2D eigenvalue weighted by molar-refractivity contribution is 5.87. The third-order valence-corrected chi connectivity index (χ3v) is 3.38. The molecule has 5 nitrogen and oxygen atoms in total. The third-order valence-electron chi connectivity index (χ3n) is 3.38. The van der Waals surface area contributed by atoms with E-state index in [1.54, 1.807) is 6.92 Å². The zero-order chi connectivity index (χ0) is 13.9. The van der Waals surface area contributed by atoms with E-state index in [1.165, 1.54) is 4.90 Å². The largest absolute Gasteiger partial charge is 0.479 e. The molecule has 1 N–H and O–H groups in total. The van der Waals surface area contributed by atoms with Crippen LogP contribution in [-0.4, -0.2) is 34.2 Å². The van der Waals surface area contributed by atoms with Gasteiger partial charge in [0.05, 0.1) is 0 Å². The second-order valence-electron chi connectivity index (χ2n) is 4.62. The van der Waals surface area contributed by atoms with Crippen LogP contribution < -0.4 is 0 Å². The molecule has 0 unspecified atom stereocenters. The lowest BCUT2D eigenvalue weighted by Gasteiger charge is -2.26. The van der Waals surface area contributed by atoms with Crippen LogP contribution in [0.2, 0.25) is 0 Å². The van der Waals surface area contributed by atoms with Crippen LogP contribution in [-0.2, 0) is 16.1 Å². The van der Waals surface area contributed by atoms with Gasteiger partial charge in [0.1, 0.15) is 12.1 Å². The van der Waals surface area contributed by atoms with Crippen LogP contribution in [0, 0.1) is 0 Å². The number of carboxylic acids is 1. The van der Waals surface area contributed by atoms with Crippen LogP contribution in [0.5, 0.6) is 0 Å². The Hall–Kier alpha value is -2.04. The first-order chi connectivity index (χ1) is 9.10. The fraction of sp³-hybridized carbons (Fsp3) is 0.429. The first kappa shape index (κ1) is 13.4. The maximum absolute atomic E-state index is 12.0. The summed E-state index contributed by atoms with van der Waals surface area (Å²) in [5, 5.41) is 9.19. The van der Waals surface area contributed by atoms with Gasteiger partial charge < -0.3 is 9.84 Å². The molecule has 19 heavy (non-hydrogen) atoms. The zero-order valence-corrected chi connectivity index (χ0v) is 10.8. The molecule has 0 atom stereocenters. The van der Waals surface area contributed by atoms with E-state index in [0.717, 1.165) is 5.56 Å². The molecule has 0 bridgehead atoms. The van der Waals surface area contributed by atoms with E-state index in [9.17, 15) is 14.7 Å². The van der Waals surface area contributed by atoms with Crippen molar-refractivity contribution in [1.82, 2.24) is 4.90 Å². The number of rotatable bonds is 5. The summed E-state index contributed by atoms with van der Waals surface area (Å²) in [6.45, 7) is 2.25. The van der Waals surface area contributed by atoms with Crippen molar-refractivity contribution >= 4 is 12.1 Å². The lowest BCUT2D eigenvalue weighted by atomic mass is 10.2. The maximum atomic E-state index is 12.0. The summed E-state index contributed by atoms with van der Waals surface area (Å²) < 4.78 is 5.18. The molecule has 5 heteroatoms. The van der Waals surface area contributed by atoms with E-state index < -0.39 is 17.6 Å². The van der Waals surface area contributed by atoms with Gasteiger partial charge in [-0.15, -0.1) is 0 Å². The van der Waals surface area contributed by atoms with Crippen molar-refractivity contribution in [3.05, 3.63) is 35.9 Å². The molecule has 1 saturated carbocycles. The van der Waals surface area contributed by atoms with Crippen LogP contribution >= 0.6 is 0 Å². The minimum absolute atomic E-state index is 0.159. The lowest BCUT2D eigenvalue weighted by molar-refractivity contribution is -0.144. The molecule has 0 aromatic heterocycles. The highest BCUT2D eigenvalue weighted by atomic mass is 16.6. The number of aliphatic carboxylic acids is 1. The second-order valence-corrected chi connectivity index (χ2v) is 4.62. The smallest absolute Gasteiger partial charge is 0.411 e. The molecule has 102 valence electrons. The van der Waals surface area contributed by atoms with Gasteiger partial charge in [-0.3, -0.25) is 4.90 Å². The predicted octanol–water partition coefficient (Wildman–Crippen LogP) is 2.26. The number of amides is 1. The highest BCUT2D eigenvalue weighted by Crippen LogP contribution is 2.42. The third kappa shape index (κ3) is 2.70. The summed E-state index contributed by atoms with van der Waals surface area (Å²) in [5.74, 6) is -0.953. The van der Waals surface area contributed by atoms with Gasteiger partial charge in [-0.2, -0.15) is 0 Å².